The summed E-state index contributed by atoms with van der Waals surface area (Å²) in [6.07, 6.45) is 0. The van der Waals surface area contributed by atoms with Crippen LogP contribution in [0.15, 0.2) is 42.5 Å². The summed E-state index contributed by atoms with van der Waals surface area (Å²) in [6, 6.07) is 14.3. The normalized spacial score (nSPS) is 11.6. The lowest BCUT2D eigenvalue weighted by Crippen LogP contribution is -3.06. The number of likely N-dealkylation sites (N-methyl/N-ethyl adjacent to an activating group) is 1. The first kappa shape index (κ1) is 18.2. The van der Waals surface area contributed by atoms with Gasteiger partial charge in [0.25, 0.3) is 5.69 Å². The molecule has 2 rings (SSSR count). The van der Waals surface area contributed by atoms with Crippen molar-refractivity contribution < 1.29 is 14.6 Å². The highest BCUT2D eigenvalue weighted by molar-refractivity contribution is 5.61. The molecule has 7 nitrogen and oxygen atoms in total. The number of non-ortho nitro benzene ring substituents is 1. The molecule has 0 fully saturated rings. The van der Waals surface area contributed by atoms with E-state index in [9.17, 15) is 15.4 Å². The lowest BCUT2D eigenvalue weighted by molar-refractivity contribution is -0.890. The van der Waals surface area contributed by atoms with Crippen molar-refractivity contribution in [3.05, 3.63) is 63.7 Å². The summed E-state index contributed by atoms with van der Waals surface area (Å²) in [4.78, 5) is 11.6. The third kappa shape index (κ3) is 4.46. The van der Waals surface area contributed by atoms with Crippen LogP contribution in [-0.4, -0.2) is 32.7 Å². The highest BCUT2D eigenvalue weighted by atomic mass is 16.6. The maximum Gasteiger partial charge on any atom is 0.270 e. The van der Waals surface area contributed by atoms with Crippen LogP contribution in [0.3, 0.4) is 0 Å². The Kier molecular flexibility index (Phi) is 5.93. The van der Waals surface area contributed by atoms with Gasteiger partial charge < -0.3 is 15.0 Å². The molecule has 130 valence electrons. The second-order valence-electron chi connectivity index (χ2n) is 5.88. The summed E-state index contributed by atoms with van der Waals surface area (Å²) < 4.78 is 5.19. The van der Waals surface area contributed by atoms with Crippen molar-refractivity contribution in [2.45, 2.75) is 6.04 Å². The predicted molar refractivity (Wildman–Crippen MR) is 94.8 cm³/mol. The number of nitrogens with one attached hydrogen (secondary N) is 2. The van der Waals surface area contributed by atoms with Crippen LogP contribution in [0.1, 0.15) is 17.2 Å². The fourth-order valence-electron chi connectivity index (χ4n) is 2.60. The number of anilines is 1. The number of nitro groups is 1. The Morgan fingerprint density at radius 3 is 2.48 bits per heavy atom. The molecule has 0 aliphatic carbocycles. The molecule has 0 bridgehead atoms. The maximum absolute atomic E-state index is 10.8. The van der Waals surface area contributed by atoms with Crippen molar-refractivity contribution in [2.24, 2.45) is 0 Å². The van der Waals surface area contributed by atoms with Gasteiger partial charge in [-0.3, -0.25) is 10.1 Å². The fourth-order valence-corrected chi connectivity index (χ4v) is 2.60. The fraction of sp³-hybridized carbons (Fsp3) is 0.278. The number of hydrogen-bond donors (Lipinski definition) is 2. The number of nitrogens with zero attached hydrogens (tertiary/aromatic N) is 2. The Bertz CT molecular complexity index is 782. The molecule has 2 aromatic carbocycles. The average Bonchev–Trinajstić information content (AvgIpc) is 2.62. The van der Waals surface area contributed by atoms with Gasteiger partial charge in [0.15, 0.2) is 0 Å². The summed E-state index contributed by atoms with van der Waals surface area (Å²) in [5.41, 5.74) is 1.89. The molecule has 7 heteroatoms. The van der Waals surface area contributed by atoms with Crippen molar-refractivity contribution in [1.82, 2.24) is 0 Å². The number of rotatable bonds is 7. The minimum atomic E-state index is -0.505. The molecule has 0 aromatic heterocycles. The molecule has 25 heavy (non-hydrogen) atoms. The van der Waals surface area contributed by atoms with E-state index in [2.05, 4.69) is 19.4 Å². The van der Waals surface area contributed by atoms with Gasteiger partial charge >= 0.3 is 0 Å². The highest BCUT2D eigenvalue weighted by Crippen LogP contribution is 2.22. The number of methoxy groups -OCH3 is 1. The van der Waals surface area contributed by atoms with Crippen LogP contribution >= 0.6 is 0 Å². The molecule has 1 atom stereocenters. The minimum Gasteiger partial charge on any atom is -0.497 e. The van der Waals surface area contributed by atoms with E-state index in [0.717, 1.165) is 11.3 Å². The van der Waals surface area contributed by atoms with Gasteiger partial charge in [0.05, 0.1) is 43.9 Å². The molecule has 0 spiro atoms. The van der Waals surface area contributed by atoms with E-state index in [4.69, 9.17) is 4.74 Å². The molecule has 0 aliphatic rings. The van der Waals surface area contributed by atoms with Gasteiger partial charge in [-0.2, -0.15) is 5.26 Å². The summed E-state index contributed by atoms with van der Waals surface area (Å²) >= 11 is 0. The van der Waals surface area contributed by atoms with Crippen LogP contribution in [-0.2, 0) is 0 Å². The lowest BCUT2D eigenvalue weighted by Gasteiger charge is -2.23. The third-order valence-electron chi connectivity index (χ3n) is 4.05. The molecule has 0 unspecified atom stereocenters. The Morgan fingerprint density at radius 1 is 1.28 bits per heavy atom. The Hall–Kier alpha value is -3.11. The molecule has 0 heterocycles. The quantitative estimate of drug-likeness (QED) is 0.591. The van der Waals surface area contributed by atoms with E-state index in [1.165, 1.54) is 17.0 Å². The third-order valence-corrected chi connectivity index (χ3v) is 4.05. The molecule has 2 N–H and O–H groups in total. The zero-order chi connectivity index (χ0) is 18.4. The summed E-state index contributed by atoms with van der Waals surface area (Å²) in [5, 5.41) is 23.3. The van der Waals surface area contributed by atoms with Gasteiger partial charge in [0.1, 0.15) is 17.9 Å². The Balaban J connectivity index is 2.18. The van der Waals surface area contributed by atoms with Gasteiger partial charge in [-0.1, -0.05) is 0 Å². The number of quaternary nitrogens is 1. The molecule has 0 saturated heterocycles. The van der Waals surface area contributed by atoms with Gasteiger partial charge in [-0.15, -0.1) is 0 Å². The molecular weight excluding hydrogens is 320 g/mol. The van der Waals surface area contributed by atoms with E-state index < -0.39 is 4.92 Å². The van der Waals surface area contributed by atoms with Crippen LogP contribution in [0.2, 0.25) is 0 Å². The van der Waals surface area contributed by atoms with Crippen molar-refractivity contribution in [2.75, 3.05) is 33.1 Å². The van der Waals surface area contributed by atoms with Crippen LogP contribution < -0.4 is 15.0 Å². The van der Waals surface area contributed by atoms with Gasteiger partial charge in [-0.25, -0.2) is 0 Å². The van der Waals surface area contributed by atoms with Crippen molar-refractivity contribution >= 4 is 11.4 Å². The number of ether oxygens (including phenoxy) is 1. The van der Waals surface area contributed by atoms with E-state index in [1.54, 1.807) is 13.2 Å². The summed E-state index contributed by atoms with van der Waals surface area (Å²) in [7, 11) is 5.73. The monoisotopic (exact) mass is 341 g/mol. The minimum absolute atomic E-state index is 0.0907. The lowest BCUT2D eigenvalue weighted by atomic mass is 10.1. The Labute approximate surface area is 146 Å². The highest BCUT2D eigenvalue weighted by Gasteiger charge is 2.19. The van der Waals surface area contributed by atoms with Gasteiger partial charge in [0.2, 0.25) is 0 Å². The predicted octanol–water partition coefficient (Wildman–Crippen LogP) is 1.77. The first-order valence-electron chi connectivity index (χ1n) is 7.82. The topological polar surface area (TPSA) is 92.6 Å². The van der Waals surface area contributed by atoms with Gasteiger partial charge in [-0.05, 0) is 30.3 Å². The number of benzene rings is 2. The van der Waals surface area contributed by atoms with E-state index >= 15 is 0 Å². The molecule has 0 saturated carbocycles. The van der Waals surface area contributed by atoms with E-state index in [0.29, 0.717) is 12.2 Å². The number of hydrogen-bond acceptors (Lipinski definition) is 5. The number of nitro benzene ring substituents is 1. The van der Waals surface area contributed by atoms with Crippen molar-refractivity contribution in [3.63, 3.8) is 0 Å². The first-order valence-corrected chi connectivity index (χ1v) is 7.82. The number of nitriles is 1. The molecule has 0 radical (unpaired) electrons. The molecule has 0 amide bonds. The van der Waals surface area contributed by atoms with Crippen molar-refractivity contribution in [3.8, 4) is 11.8 Å². The van der Waals surface area contributed by atoms with Gasteiger partial charge in [0, 0.05) is 17.7 Å². The molecule has 2 aromatic rings. The average molecular weight is 341 g/mol. The van der Waals surface area contributed by atoms with Crippen LogP contribution in [0, 0.1) is 21.4 Å². The van der Waals surface area contributed by atoms with E-state index in [-0.39, 0.29) is 17.3 Å². The molecule has 0 aliphatic heterocycles. The Morgan fingerprint density at radius 2 is 1.96 bits per heavy atom. The second kappa shape index (κ2) is 8.13. The van der Waals surface area contributed by atoms with Crippen molar-refractivity contribution in [1.29, 1.82) is 5.26 Å². The van der Waals surface area contributed by atoms with Crippen LogP contribution in [0.5, 0.6) is 5.75 Å². The smallest absolute Gasteiger partial charge is 0.270 e. The second-order valence-corrected chi connectivity index (χ2v) is 5.88. The standard InChI is InChI=1S/C18H20N4O3/c1-21(2)18(13-4-7-16(25-3)8-5-13)12-20-17-9-6-15(22(23)24)10-14(17)11-19/h4-10,18,20H,12H2,1-3H3/p+1/t18-/m0/s1. The zero-order valence-electron chi connectivity index (χ0n) is 14.4. The van der Waals surface area contributed by atoms with E-state index in [1.807, 2.05) is 30.3 Å². The zero-order valence-corrected chi connectivity index (χ0v) is 14.4. The summed E-state index contributed by atoms with van der Waals surface area (Å²) in [5.74, 6) is 0.798. The van der Waals surface area contributed by atoms with Crippen LogP contribution in [0.25, 0.3) is 0 Å². The maximum atomic E-state index is 10.8. The van der Waals surface area contributed by atoms with Crippen LogP contribution in [0.4, 0.5) is 11.4 Å². The molecular formula is C18H21N4O3+. The first-order chi connectivity index (χ1) is 12.0. The summed E-state index contributed by atoms with van der Waals surface area (Å²) in [6.45, 7) is 0.584. The SMILES string of the molecule is COc1ccc([C@H](CNc2ccc([N+](=O)[O-])cc2C#N)[NH+](C)C)cc1. The largest absolute Gasteiger partial charge is 0.497 e.